The van der Waals surface area contributed by atoms with Crippen molar-refractivity contribution in [2.45, 2.75) is 25.4 Å². The molecule has 1 fully saturated rings. The SMILES string of the molecule is Brc1ccc(Oc2ncc(Br)cc2CNC2CC2)cc1. The number of benzene rings is 1. The summed E-state index contributed by atoms with van der Waals surface area (Å²) in [6.07, 6.45) is 4.30. The monoisotopic (exact) mass is 396 g/mol. The molecule has 0 spiro atoms. The zero-order chi connectivity index (χ0) is 13.9. The summed E-state index contributed by atoms with van der Waals surface area (Å²) in [5, 5.41) is 3.49. The fourth-order valence-electron chi connectivity index (χ4n) is 1.84. The van der Waals surface area contributed by atoms with E-state index >= 15 is 0 Å². The van der Waals surface area contributed by atoms with Crippen molar-refractivity contribution in [2.75, 3.05) is 0 Å². The Morgan fingerprint density at radius 2 is 1.90 bits per heavy atom. The van der Waals surface area contributed by atoms with E-state index in [4.69, 9.17) is 4.74 Å². The maximum absolute atomic E-state index is 5.88. The Balaban J connectivity index is 1.77. The highest BCUT2D eigenvalue weighted by atomic mass is 79.9. The van der Waals surface area contributed by atoms with Gasteiger partial charge in [0.05, 0.1) is 0 Å². The fourth-order valence-corrected chi connectivity index (χ4v) is 2.49. The van der Waals surface area contributed by atoms with E-state index < -0.39 is 0 Å². The van der Waals surface area contributed by atoms with Crippen molar-refractivity contribution in [3.8, 4) is 11.6 Å². The van der Waals surface area contributed by atoms with Crippen LogP contribution in [0.5, 0.6) is 11.6 Å². The second-order valence-electron chi connectivity index (χ2n) is 4.83. The molecule has 104 valence electrons. The minimum absolute atomic E-state index is 0.656. The van der Waals surface area contributed by atoms with Crippen LogP contribution in [-0.2, 0) is 6.54 Å². The summed E-state index contributed by atoms with van der Waals surface area (Å²) in [5.74, 6) is 1.44. The van der Waals surface area contributed by atoms with Crippen molar-refractivity contribution in [3.05, 3.63) is 51.0 Å². The Kier molecular flexibility index (Phi) is 4.38. The van der Waals surface area contributed by atoms with E-state index in [1.807, 2.05) is 24.3 Å². The third-order valence-corrected chi connectivity index (χ3v) is 4.04. The molecule has 0 radical (unpaired) electrons. The Hall–Kier alpha value is -0.910. The molecule has 3 rings (SSSR count). The van der Waals surface area contributed by atoms with Crippen LogP contribution < -0.4 is 10.1 Å². The molecule has 0 saturated heterocycles. The van der Waals surface area contributed by atoms with Crippen LogP contribution in [0.25, 0.3) is 0 Å². The molecule has 1 aromatic carbocycles. The van der Waals surface area contributed by atoms with E-state index in [1.54, 1.807) is 6.20 Å². The van der Waals surface area contributed by atoms with Crippen LogP contribution in [0.2, 0.25) is 0 Å². The first-order valence-electron chi connectivity index (χ1n) is 6.52. The van der Waals surface area contributed by atoms with Crippen LogP contribution in [0.15, 0.2) is 45.5 Å². The summed E-state index contributed by atoms with van der Waals surface area (Å²) >= 11 is 6.88. The fraction of sp³-hybridized carbons (Fsp3) is 0.267. The molecule has 0 atom stereocenters. The van der Waals surface area contributed by atoms with Crippen molar-refractivity contribution < 1.29 is 4.74 Å². The summed E-state index contributed by atoms with van der Waals surface area (Å²) < 4.78 is 7.88. The van der Waals surface area contributed by atoms with Crippen LogP contribution in [0, 0.1) is 0 Å². The van der Waals surface area contributed by atoms with Crippen molar-refractivity contribution in [1.29, 1.82) is 0 Å². The normalized spacial score (nSPS) is 14.3. The molecule has 0 unspecified atom stereocenters. The van der Waals surface area contributed by atoms with E-state index in [9.17, 15) is 0 Å². The number of aromatic nitrogens is 1. The summed E-state index contributed by atoms with van der Waals surface area (Å²) in [6, 6.07) is 10.5. The molecule has 1 heterocycles. The number of hydrogen-bond acceptors (Lipinski definition) is 3. The number of nitrogens with one attached hydrogen (secondary N) is 1. The van der Waals surface area contributed by atoms with Crippen molar-refractivity contribution in [2.24, 2.45) is 0 Å². The lowest BCUT2D eigenvalue weighted by Crippen LogP contribution is -2.16. The van der Waals surface area contributed by atoms with Crippen LogP contribution in [0.3, 0.4) is 0 Å². The standard InChI is InChI=1S/C15H14Br2N2O/c16-11-1-5-14(6-2-11)20-15-10(7-12(17)9-19-15)8-18-13-3-4-13/h1-2,5-7,9,13,18H,3-4,8H2. The van der Waals surface area contributed by atoms with Gasteiger partial charge in [-0.3, -0.25) is 0 Å². The third-order valence-electron chi connectivity index (χ3n) is 3.08. The van der Waals surface area contributed by atoms with Crippen LogP contribution in [-0.4, -0.2) is 11.0 Å². The molecular weight excluding hydrogens is 384 g/mol. The van der Waals surface area contributed by atoms with Gasteiger partial charge in [-0.1, -0.05) is 15.9 Å². The lowest BCUT2D eigenvalue weighted by atomic mass is 10.2. The Morgan fingerprint density at radius 3 is 2.60 bits per heavy atom. The summed E-state index contributed by atoms with van der Waals surface area (Å²) in [6.45, 7) is 0.781. The lowest BCUT2D eigenvalue weighted by molar-refractivity contribution is 0.452. The molecule has 0 bridgehead atoms. The molecule has 1 aromatic heterocycles. The predicted octanol–water partition coefficient (Wildman–Crippen LogP) is 4.65. The maximum atomic E-state index is 5.88. The average Bonchev–Trinajstić information content (AvgIpc) is 3.25. The van der Waals surface area contributed by atoms with Crippen molar-refractivity contribution in [1.82, 2.24) is 10.3 Å². The summed E-state index contributed by atoms with van der Waals surface area (Å²) in [4.78, 5) is 4.37. The van der Waals surface area contributed by atoms with E-state index in [2.05, 4.69) is 48.2 Å². The first-order chi connectivity index (χ1) is 9.70. The van der Waals surface area contributed by atoms with E-state index in [0.717, 1.165) is 26.8 Å². The Morgan fingerprint density at radius 1 is 1.15 bits per heavy atom. The zero-order valence-corrected chi connectivity index (χ0v) is 13.9. The van der Waals surface area contributed by atoms with Gasteiger partial charge >= 0.3 is 0 Å². The number of rotatable bonds is 5. The third kappa shape index (κ3) is 3.81. The van der Waals surface area contributed by atoms with E-state index in [0.29, 0.717) is 11.9 Å². The number of ether oxygens (including phenoxy) is 1. The van der Waals surface area contributed by atoms with Gasteiger partial charge in [0, 0.05) is 33.3 Å². The second-order valence-corrected chi connectivity index (χ2v) is 6.66. The van der Waals surface area contributed by atoms with Gasteiger partial charge in [0.2, 0.25) is 5.88 Å². The van der Waals surface area contributed by atoms with E-state index in [-0.39, 0.29) is 0 Å². The Bertz CT molecular complexity index is 597. The highest BCUT2D eigenvalue weighted by Gasteiger charge is 2.21. The molecule has 20 heavy (non-hydrogen) atoms. The minimum atomic E-state index is 0.656. The first kappa shape index (κ1) is 14.0. The Labute approximate surface area is 135 Å². The van der Waals surface area contributed by atoms with Gasteiger partial charge in [-0.15, -0.1) is 0 Å². The molecule has 3 nitrogen and oxygen atoms in total. The van der Waals surface area contributed by atoms with E-state index in [1.165, 1.54) is 12.8 Å². The van der Waals surface area contributed by atoms with Gasteiger partial charge < -0.3 is 10.1 Å². The average molecular weight is 398 g/mol. The molecule has 1 aliphatic rings. The molecule has 1 aliphatic carbocycles. The molecule has 5 heteroatoms. The number of pyridine rings is 1. The molecular formula is C15H14Br2N2O. The lowest BCUT2D eigenvalue weighted by Gasteiger charge is -2.11. The zero-order valence-electron chi connectivity index (χ0n) is 10.8. The van der Waals surface area contributed by atoms with Crippen LogP contribution in [0.4, 0.5) is 0 Å². The van der Waals surface area contributed by atoms with Gasteiger partial charge in [0.1, 0.15) is 5.75 Å². The van der Waals surface area contributed by atoms with Gasteiger partial charge in [-0.05, 0) is 59.1 Å². The number of nitrogens with zero attached hydrogens (tertiary/aromatic N) is 1. The second kappa shape index (κ2) is 6.24. The summed E-state index contributed by atoms with van der Waals surface area (Å²) in [7, 11) is 0. The van der Waals surface area contributed by atoms with Crippen molar-refractivity contribution >= 4 is 31.9 Å². The molecule has 0 aliphatic heterocycles. The molecule has 1 N–H and O–H groups in total. The molecule has 2 aromatic rings. The molecule has 0 amide bonds. The highest BCUT2D eigenvalue weighted by molar-refractivity contribution is 9.10. The van der Waals surface area contributed by atoms with Gasteiger partial charge in [-0.2, -0.15) is 0 Å². The topological polar surface area (TPSA) is 34.1 Å². The number of hydrogen-bond donors (Lipinski definition) is 1. The summed E-state index contributed by atoms with van der Waals surface area (Å²) in [5.41, 5.74) is 1.06. The van der Waals surface area contributed by atoms with Crippen LogP contribution in [0.1, 0.15) is 18.4 Å². The van der Waals surface area contributed by atoms with Gasteiger partial charge in [0.25, 0.3) is 0 Å². The minimum Gasteiger partial charge on any atom is -0.439 e. The molecule has 1 saturated carbocycles. The highest BCUT2D eigenvalue weighted by Crippen LogP contribution is 2.27. The van der Waals surface area contributed by atoms with Gasteiger partial charge in [0.15, 0.2) is 0 Å². The van der Waals surface area contributed by atoms with Crippen molar-refractivity contribution in [3.63, 3.8) is 0 Å². The maximum Gasteiger partial charge on any atom is 0.223 e. The quantitative estimate of drug-likeness (QED) is 0.797. The van der Waals surface area contributed by atoms with Gasteiger partial charge in [-0.25, -0.2) is 4.98 Å². The largest absolute Gasteiger partial charge is 0.439 e. The smallest absolute Gasteiger partial charge is 0.223 e. The van der Waals surface area contributed by atoms with Crippen LogP contribution >= 0.6 is 31.9 Å². The number of halogens is 2. The first-order valence-corrected chi connectivity index (χ1v) is 8.10. The predicted molar refractivity (Wildman–Crippen MR) is 86.0 cm³/mol.